The highest BCUT2D eigenvalue weighted by molar-refractivity contribution is 6.07. The van der Waals surface area contributed by atoms with E-state index in [9.17, 15) is 9.18 Å². The lowest BCUT2D eigenvalue weighted by molar-refractivity contribution is 0.103. The minimum Gasteiger partial charge on any atom is -0.497 e. The second-order valence-electron chi connectivity index (χ2n) is 3.39. The summed E-state index contributed by atoms with van der Waals surface area (Å²) in [5, 5.41) is 0. The van der Waals surface area contributed by atoms with Crippen LogP contribution in [-0.4, -0.2) is 17.9 Å². The van der Waals surface area contributed by atoms with E-state index in [-0.39, 0.29) is 5.69 Å². The van der Waals surface area contributed by atoms with Gasteiger partial charge in [-0.15, -0.1) is 0 Å². The fraction of sp³-hybridized carbons (Fsp3) is 0.0769. The molecule has 0 saturated carbocycles. The van der Waals surface area contributed by atoms with Gasteiger partial charge in [0, 0.05) is 11.8 Å². The van der Waals surface area contributed by atoms with Gasteiger partial charge in [0.2, 0.25) is 5.78 Å². The molecule has 0 unspecified atom stereocenters. The fourth-order valence-corrected chi connectivity index (χ4v) is 1.43. The molecule has 0 aliphatic heterocycles. The predicted octanol–water partition coefficient (Wildman–Crippen LogP) is 2.46. The molecule has 3 nitrogen and oxygen atoms in total. The van der Waals surface area contributed by atoms with Crippen LogP contribution in [0.1, 0.15) is 16.1 Å². The van der Waals surface area contributed by atoms with Crippen LogP contribution in [0.3, 0.4) is 0 Å². The lowest BCUT2D eigenvalue weighted by Crippen LogP contribution is -2.06. The molecule has 4 heteroatoms. The first-order valence-electron chi connectivity index (χ1n) is 5.01. The molecule has 1 aromatic heterocycles. The van der Waals surface area contributed by atoms with E-state index in [1.807, 2.05) is 0 Å². The topological polar surface area (TPSA) is 39.2 Å². The summed E-state index contributed by atoms with van der Waals surface area (Å²) in [5.74, 6) is -0.415. The molecule has 0 aliphatic rings. The first-order valence-corrected chi connectivity index (χ1v) is 5.01. The van der Waals surface area contributed by atoms with Gasteiger partial charge in [0.15, 0.2) is 5.82 Å². The SMILES string of the molecule is COc1ccc(C(=O)c2ncccc2F)cc1. The van der Waals surface area contributed by atoms with Crippen LogP contribution >= 0.6 is 0 Å². The van der Waals surface area contributed by atoms with Gasteiger partial charge in [0.1, 0.15) is 11.4 Å². The maximum Gasteiger partial charge on any atom is 0.214 e. The molecule has 0 N–H and O–H groups in total. The van der Waals surface area contributed by atoms with Crippen molar-refractivity contribution in [3.63, 3.8) is 0 Å². The summed E-state index contributed by atoms with van der Waals surface area (Å²) in [4.78, 5) is 15.7. The molecule has 2 aromatic rings. The molecule has 17 heavy (non-hydrogen) atoms. The van der Waals surface area contributed by atoms with Gasteiger partial charge in [-0.25, -0.2) is 9.37 Å². The highest BCUT2D eigenvalue weighted by atomic mass is 19.1. The van der Waals surface area contributed by atoms with Crippen molar-refractivity contribution in [2.45, 2.75) is 0 Å². The molecule has 0 amide bonds. The average molecular weight is 231 g/mol. The average Bonchev–Trinajstić information content (AvgIpc) is 2.39. The van der Waals surface area contributed by atoms with Crippen LogP contribution in [0.15, 0.2) is 42.6 Å². The van der Waals surface area contributed by atoms with Gasteiger partial charge in [0.05, 0.1) is 7.11 Å². The van der Waals surface area contributed by atoms with Gasteiger partial charge in [-0.05, 0) is 36.4 Å². The van der Waals surface area contributed by atoms with Crippen LogP contribution in [0.5, 0.6) is 5.75 Å². The van der Waals surface area contributed by atoms with Crippen molar-refractivity contribution in [3.8, 4) is 5.75 Å². The van der Waals surface area contributed by atoms with Crippen molar-refractivity contribution in [2.75, 3.05) is 7.11 Å². The number of nitrogens with zero attached hydrogens (tertiary/aromatic N) is 1. The first kappa shape index (κ1) is 11.3. The van der Waals surface area contributed by atoms with Gasteiger partial charge in [-0.3, -0.25) is 4.79 Å². The Morgan fingerprint density at radius 2 is 1.94 bits per heavy atom. The zero-order valence-corrected chi connectivity index (χ0v) is 9.18. The number of carbonyl (C=O) groups excluding carboxylic acids is 1. The fourth-order valence-electron chi connectivity index (χ4n) is 1.43. The van der Waals surface area contributed by atoms with Gasteiger partial charge >= 0.3 is 0 Å². The van der Waals surface area contributed by atoms with Crippen molar-refractivity contribution < 1.29 is 13.9 Å². The van der Waals surface area contributed by atoms with Gasteiger partial charge in [-0.1, -0.05) is 0 Å². The van der Waals surface area contributed by atoms with Crippen LogP contribution in [0.25, 0.3) is 0 Å². The number of carbonyl (C=O) groups is 1. The number of ether oxygens (including phenoxy) is 1. The first-order chi connectivity index (χ1) is 8.22. The molecular weight excluding hydrogens is 221 g/mol. The number of halogens is 1. The highest BCUT2D eigenvalue weighted by Gasteiger charge is 2.14. The van der Waals surface area contributed by atoms with E-state index in [0.717, 1.165) is 0 Å². The quantitative estimate of drug-likeness (QED) is 0.762. The summed E-state index contributed by atoms with van der Waals surface area (Å²) < 4.78 is 18.3. The zero-order chi connectivity index (χ0) is 12.3. The molecule has 0 radical (unpaired) electrons. The predicted molar refractivity (Wildman–Crippen MR) is 60.6 cm³/mol. The number of hydrogen-bond donors (Lipinski definition) is 0. The molecule has 1 aromatic carbocycles. The molecule has 1 heterocycles. The third kappa shape index (κ3) is 2.30. The molecule has 86 valence electrons. The van der Waals surface area contributed by atoms with Crippen molar-refractivity contribution >= 4 is 5.78 Å². The molecule has 2 rings (SSSR count). The lowest BCUT2D eigenvalue weighted by atomic mass is 10.1. The Hall–Kier alpha value is -2.23. The van der Waals surface area contributed by atoms with E-state index in [1.54, 1.807) is 24.3 Å². The maximum atomic E-state index is 13.4. The van der Waals surface area contributed by atoms with Gasteiger partial charge in [0.25, 0.3) is 0 Å². The molecule has 0 fully saturated rings. The largest absolute Gasteiger partial charge is 0.497 e. The number of methoxy groups -OCH3 is 1. The molecular formula is C13H10FNO2. The highest BCUT2D eigenvalue weighted by Crippen LogP contribution is 2.15. The Balaban J connectivity index is 2.34. The van der Waals surface area contributed by atoms with E-state index < -0.39 is 11.6 Å². The number of aromatic nitrogens is 1. The molecule has 0 bridgehead atoms. The summed E-state index contributed by atoms with van der Waals surface area (Å²) >= 11 is 0. The van der Waals surface area contributed by atoms with E-state index in [4.69, 9.17) is 4.74 Å². The molecule has 0 saturated heterocycles. The van der Waals surface area contributed by atoms with E-state index in [1.165, 1.54) is 25.4 Å². The van der Waals surface area contributed by atoms with Crippen LogP contribution in [0.4, 0.5) is 4.39 Å². The van der Waals surface area contributed by atoms with Crippen molar-refractivity contribution in [1.82, 2.24) is 4.98 Å². The van der Waals surface area contributed by atoms with E-state index in [0.29, 0.717) is 11.3 Å². The van der Waals surface area contributed by atoms with Gasteiger partial charge in [-0.2, -0.15) is 0 Å². The number of benzene rings is 1. The number of pyridine rings is 1. The number of ketones is 1. The number of rotatable bonds is 3. The smallest absolute Gasteiger partial charge is 0.214 e. The van der Waals surface area contributed by atoms with Crippen LogP contribution in [-0.2, 0) is 0 Å². The molecule has 0 spiro atoms. The minimum atomic E-state index is -0.617. The second-order valence-corrected chi connectivity index (χ2v) is 3.39. The third-order valence-electron chi connectivity index (χ3n) is 2.33. The van der Waals surface area contributed by atoms with Crippen molar-refractivity contribution in [3.05, 3.63) is 59.7 Å². The Morgan fingerprint density at radius 1 is 1.24 bits per heavy atom. The maximum absolute atomic E-state index is 13.4. The molecule has 0 atom stereocenters. The van der Waals surface area contributed by atoms with Crippen molar-refractivity contribution in [2.24, 2.45) is 0 Å². The van der Waals surface area contributed by atoms with Crippen LogP contribution in [0, 0.1) is 5.82 Å². The standard InChI is InChI=1S/C13H10FNO2/c1-17-10-6-4-9(5-7-10)13(16)12-11(14)3-2-8-15-12/h2-8H,1H3. The lowest BCUT2D eigenvalue weighted by Gasteiger charge is -2.03. The van der Waals surface area contributed by atoms with E-state index in [2.05, 4.69) is 4.98 Å². The zero-order valence-electron chi connectivity index (χ0n) is 9.18. The van der Waals surface area contributed by atoms with E-state index >= 15 is 0 Å². The Bertz CT molecular complexity index is 537. The second kappa shape index (κ2) is 4.74. The van der Waals surface area contributed by atoms with Crippen LogP contribution < -0.4 is 4.74 Å². The summed E-state index contributed by atoms with van der Waals surface area (Å²) in [5.41, 5.74) is 0.209. The normalized spacial score (nSPS) is 10.0. The van der Waals surface area contributed by atoms with Gasteiger partial charge < -0.3 is 4.74 Å². The Kier molecular flexibility index (Phi) is 3.14. The monoisotopic (exact) mass is 231 g/mol. The number of hydrogen-bond acceptors (Lipinski definition) is 3. The summed E-state index contributed by atoms with van der Waals surface area (Å²) in [6, 6.07) is 9.11. The Morgan fingerprint density at radius 3 is 2.53 bits per heavy atom. The summed E-state index contributed by atoms with van der Waals surface area (Å²) in [6.07, 6.45) is 1.39. The summed E-state index contributed by atoms with van der Waals surface area (Å²) in [7, 11) is 1.54. The minimum absolute atomic E-state index is 0.169. The van der Waals surface area contributed by atoms with Crippen LogP contribution in [0.2, 0.25) is 0 Å². The molecule has 0 aliphatic carbocycles. The van der Waals surface area contributed by atoms with Crippen molar-refractivity contribution in [1.29, 1.82) is 0 Å². The third-order valence-corrected chi connectivity index (χ3v) is 2.33. The summed E-state index contributed by atoms with van der Waals surface area (Å²) in [6.45, 7) is 0. The Labute approximate surface area is 97.9 Å².